The molecular formula is C17H15N3O5. The van der Waals surface area contributed by atoms with Crippen molar-refractivity contribution in [3.05, 3.63) is 63.8 Å². The second-order valence-corrected chi connectivity index (χ2v) is 5.39. The number of aryl methyl sites for hydroxylation is 1. The number of nitrogens with zero attached hydrogens (tertiary/aromatic N) is 2. The van der Waals surface area contributed by atoms with Crippen LogP contribution in [0, 0.1) is 6.92 Å². The largest absolute Gasteiger partial charge is 0.456 e. The lowest BCUT2D eigenvalue weighted by Gasteiger charge is -2.09. The van der Waals surface area contributed by atoms with Crippen molar-refractivity contribution in [2.45, 2.75) is 20.5 Å². The van der Waals surface area contributed by atoms with Gasteiger partial charge in [0.1, 0.15) is 12.4 Å². The Morgan fingerprint density at radius 1 is 1.28 bits per heavy atom. The molecule has 3 rings (SSSR count). The smallest absolute Gasteiger partial charge is 0.340 e. The molecule has 0 bridgehead atoms. The zero-order valence-electron chi connectivity index (χ0n) is 13.6. The molecule has 1 aromatic carbocycles. The molecule has 128 valence electrons. The maximum atomic E-state index is 12.3. The van der Waals surface area contributed by atoms with Gasteiger partial charge in [-0.25, -0.2) is 9.78 Å². The van der Waals surface area contributed by atoms with E-state index in [4.69, 9.17) is 9.26 Å². The maximum Gasteiger partial charge on any atom is 0.340 e. The summed E-state index contributed by atoms with van der Waals surface area (Å²) in [4.78, 5) is 39.6. The summed E-state index contributed by atoms with van der Waals surface area (Å²) in [6, 6.07) is 9.34. The van der Waals surface area contributed by atoms with E-state index in [2.05, 4.69) is 10.3 Å². The molecule has 0 unspecified atom stereocenters. The van der Waals surface area contributed by atoms with E-state index in [1.54, 1.807) is 37.3 Å². The van der Waals surface area contributed by atoms with E-state index in [1.807, 2.05) is 0 Å². The van der Waals surface area contributed by atoms with Gasteiger partial charge < -0.3 is 14.6 Å². The Bertz CT molecular complexity index is 1020. The highest BCUT2D eigenvalue weighted by Gasteiger charge is 2.14. The second kappa shape index (κ2) is 6.60. The number of benzene rings is 1. The van der Waals surface area contributed by atoms with E-state index in [9.17, 15) is 14.4 Å². The number of hydrogen-bond donors (Lipinski definition) is 1. The zero-order valence-corrected chi connectivity index (χ0v) is 13.6. The molecule has 25 heavy (non-hydrogen) atoms. The Morgan fingerprint density at radius 2 is 2.04 bits per heavy atom. The highest BCUT2D eigenvalue weighted by atomic mass is 16.5. The first kappa shape index (κ1) is 16.4. The van der Waals surface area contributed by atoms with Crippen LogP contribution in [-0.2, 0) is 16.1 Å². The first-order valence-corrected chi connectivity index (χ1v) is 7.47. The van der Waals surface area contributed by atoms with E-state index in [0.717, 1.165) is 4.57 Å². The Hall–Kier alpha value is -3.42. The van der Waals surface area contributed by atoms with Crippen molar-refractivity contribution in [1.29, 1.82) is 0 Å². The van der Waals surface area contributed by atoms with Gasteiger partial charge in [-0.15, -0.1) is 4.57 Å². The number of nitrogens with one attached hydrogen (secondary N) is 1. The summed E-state index contributed by atoms with van der Waals surface area (Å²) in [7, 11) is 0. The number of ether oxygens (including phenoxy) is 1. The summed E-state index contributed by atoms with van der Waals surface area (Å²) >= 11 is 0. The fourth-order valence-electron chi connectivity index (χ4n) is 2.32. The van der Waals surface area contributed by atoms with E-state index >= 15 is 0 Å². The van der Waals surface area contributed by atoms with Crippen molar-refractivity contribution in [3.8, 4) is 0 Å². The molecule has 1 amide bonds. The summed E-state index contributed by atoms with van der Waals surface area (Å²) in [5, 5.41) is 2.57. The van der Waals surface area contributed by atoms with Crippen LogP contribution in [0.2, 0.25) is 0 Å². The molecule has 8 heteroatoms. The van der Waals surface area contributed by atoms with Gasteiger partial charge in [0.2, 0.25) is 5.91 Å². The molecule has 0 aliphatic rings. The molecular weight excluding hydrogens is 326 g/mol. The molecule has 0 fully saturated rings. The van der Waals surface area contributed by atoms with Crippen LogP contribution in [0.5, 0.6) is 0 Å². The van der Waals surface area contributed by atoms with Crippen molar-refractivity contribution < 1.29 is 18.8 Å². The number of anilines is 1. The number of para-hydroxylation sites is 1. The number of fused-ring (bicyclic) bond motifs is 1. The molecule has 2 aromatic heterocycles. The van der Waals surface area contributed by atoms with Crippen LogP contribution in [0.4, 0.5) is 5.69 Å². The van der Waals surface area contributed by atoms with Crippen LogP contribution in [0.1, 0.15) is 28.7 Å². The predicted octanol–water partition coefficient (Wildman–Crippen LogP) is 1.91. The van der Waals surface area contributed by atoms with E-state index in [-0.39, 0.29) is 18.1 Å². The van der Waals surface area contributed by atoms with Gasteiger partial charge in [0.25, 0.3) is 5.56 Å². The van der Waals surface area contributed by atoms with Crippen LogP contribution >= 0.6 is 0 Å². The van der Waals surface area contributed by atoms with Gasteiger partial charge in [-0.3, -0.25) is 9.59 Å². The third-order valence-electron chi connectivity index (χ3n) is 3.33. The maximum absolute atomic E-state index is 12.3. The standard InChI is InChI=1S/C17H15N3O5/c1-10-7-15-19-12(8-16(22)20(15)25-10)9-24-17(23)13-5-3-4-6-14(13)18-11(2)21/h3-8H,9H2,1-2H3,(H,18,21). The molecule has 0 saturated heterocycles. The molecule has 0 aliphatic heterocycles. The molecule has 8 nitrogen and oxygen atoms in total. The van der Waals surface area contributed by atoms with E-state index < -0.39 is 11.5 Å². The summed E-state index contributed by atoms with van der Waals surface area (Å²) in [6.07, 6.45) is 0. The number of amides is 1. The van der Waals surface area contributed by atoms with Crippen LogP contribution in [0.25, 0.3) is 5.65 Å². The fraction of sp³-hybridized carbons (Fsp3) is 0.176. The van der Waals surface area contributed by atoms with Gasteiger partial charge in [-0.1, -0.05) is 12.1 Å². The molecule has 3 aromatic rings. The topological polar surface area (TPSA) is 103 Å². The van der Waals surface area contributed by atoms with Crippen LogP contribution < -0.4 is 10.9 Å². The third kappa shape index (κ3) is 3.57. The minimum absolute atomic E-state index is 0.177. The van der Waals surface area contributed by atoms with Gasteiger partial charge in [0.15, 0.2) is 5.65 Å². The average Bonchev–Trinajstić information content (AvgIpc) is 2.93. The summed E-state index contributed by atoms with van der Waals surface area (Å²) < 4.78 is 11.5. The highest BCUT2D eigenvalue weighted by molar-refractivity contribution is 6.00. The zero-order chi connectivity index (χ0) is 18.0. The van der Waals surface area contributed by atoms with E-state index in [1.165, 1.54) is 13.0 Å². The third-order valence-corrected chi connectivity index (χ3v) is 3.33. The second-order valence-electron chi connectivity index (χ2n) is 5.39. The first-order valence-electron chi connectivity index (χ1n) is 7.47. The molecule has 0 aliphatic carbocycles. The quantitative estimate of drug-likeness (QED) is 0.727. The number of carbonyl (C=O) groups excluding carboxylic acids is 2. The summed E-state index contributed by atoms with van der Waals surface area (Å²) in [5.41, 5.74) is 0.817. The lowest BCUT2D eigenvalue weighted by molar-refractivity contribution is -0.114. The van der Waals surface area contributed by atoms with Crippen LogP contribution in [0.15, 0.2) is 45.7 Å². The number of aromatic nitrogens is 2. The lowest BCUT2D eigenvalue weighted by Crippen LogP contribution is -2.16. The van der Waals surface area contributed by atoms with E-state index in [0.29, 0.717) is 22.8 Å². The van der Waals surface area contributed by atoms with Gasteiger partial charge in [0, 0.05) is 19.1 Å². The molecule has 0 atom stereocenters. The van der Waals surface area contributed by atoms with Crippen molar-refractivity contribution in [1.82, 2.24) is 9.56 Å². The fourth-order valence-corrected chi connectivity index (χ4v) is 2.32. The molecule has 0 radical (unpaired) electrons. The normalized spacial score (nSPS) is 10.6. The van der Waals surface area contributed by atoms with Crippen molar-refractivity contribution >= 4 is 23.2 Å². The van der Waals surface area contributed by atoms with Crippen molar-refractivity contribution in [3.63, 3.8) is 0 Å². The summed E-state index contributed by atoms with van der Waals surface area (Å²) in [5.74, 6) is -0.381. The van der Waals surface area contributed by atoms with Gasteiger partial charge in [-0.05, 0) is 19.1 Å². The number of rotatable bonds is 4. The first-order chi connectivity index (χ1) is 11.9. The minimum Gasteiger partial charge on any atom is -0.456 e. The van der Waals surface area contributed by atoms with Gasteiger partial charge >= 0.3 is 5.97 Å². The number of carbonyl (C=O) groups is 2. The highest BCUT2D eigenvalue weighted by Crippen LogP contribution is 2.17. The molecule has 0 spiro atoms. The van der Waals surface area contributed by atoms with Gasteiger partial charge in [-0.2, -0.15) is 0 Å². The minimum atomic E-state index is -0.630. The van der Waals surface area contributed by atoms with Crippen LogP contribution in [0.3, 0.4) is 0 Å². The van der Waals surface area contributed by atoms with Gasteiger partial charge in [0.05, 0.1) is 16.9 Å². The summed E-state index contributed by atoms with van der Waals surface area (Å²) in [6.45, 7) is 2.87. The number of hydrogen-bond acceptors (Lipinski definition) is 6. The average molecular weight is 341 g/mol. The van der Waals surface area contributed by atoms with Crippen LogP contribution in [-0.4, -0.2) is 21.4 Å². The SMILES string of the molecule is CC(=O)Nc1ccccc1C(=O)OCc1cc(=O)n2oc(C)cc2n1. The number of esters is 1. The molecule has 0 saturated carbocycles. The Kier molecular flexibility index (Phi) is 4.34. The monoisotopic (exact) mass is 341 g/mol. The Labute approximate surface area is 142 Å². The predicted molar refractivity (Wildman–Crippen MR) is 88.3 cm³/mol. The Balaban J connectivity index is 1.79. The lowest BCUT2D eigenvalue weighted by atomic mass is 10.2. The molecule has 2 heterocycles. The Morgan fingerprint density at radius 3 is 2.80 bits per heavy atom. The molecule has 1 N–H and O–H groups in total. The van der Waals surface area contributed by atoms with Crippen molar-refractivity contribution in [2.75, 3.05) is 5.32 Å². The van der Waals surface area contributed by atoms with Crippen molar-refractivity contribution in [2.24, 2.45) is 0 Å².